The molecule has 0 aromatic heterocycles. The van der Waals surface area contributed by atoms with Gasteiger partial charge in [-0.25, -0.2) is 4.39 Å². The third kappa shape index (κ3) is 4.44. The molecule has 1 aromatic rings. The smallest absolute Gasteiger partial charge is 0.125 e. The molecule has 0 amide bonds. The van der Waals surface area contributed by atoms with Crippen molar-refractivity contribution in [2.24, 2.45) is 11.8 Å². The molecule has 3 atom stereocenters. The number of hydrogen-bond donors (Lipinski definition) is 1. The van der Waals surface area contributed by atoms with E-state index in [9.17, 15) is 4.39 Å². The Kier molecular flexibility index (Phi) is 6.04. The van der Waals surface area contributed by atoms with Gasteiger partial charge in [-0.1, -0.05) is 26.3 Å². The van der Waals surface area contributed by atoms with Crippen LogP contribution in [0.15, 0.2) is 24.3 Å². The van der Waals surface area contributed by atoms with Crippen LogP contribution in [0.3, 0.4) is 0 Å². The Labute approximate surface area is 128 Å². The average molecular weight is 292 g/mol. The summed E-state index contributed by atoms with van der Waals surface area (Å²) in [5.41, 5.74) is 0.976. The van der Waals surface area contributed by atoms with Crippen LogP contribution < -0.4 is 10.2 Å². The molecule has 1 aliphatic rings. The van der Waals surface area contributed by atoms with Gasteiger partial charge in [0.15, 0.2) is 0 Å². The molecule has 0 saturated heterocycles. The van der Waals surface area contributed by atoms with E-state index in [-0.39, 0.29) is 5.82 Å². The molecule has 1 saturated carbocycles. The van der Waals surface area contributed by atoms with E-state index in [1.165, 1.54) is 31.7 Å². The quantitative estimate of drug-likeness (QED) is 0.850. The maximum atomic E-state index is 13.4. The summed E-state index contributed by atoms with van der Waals surface area (Å²) in [5.74, 6) is 1.35. The van der Waals surface area contributed by atoms with Crippen molar-refractivity contribution in [2.45, 2.75) is 45.6 Å². The van der Waals surface area contributed by atoms with Crippen molar-refractivity contribution >= 4 is 5.69 Å². The summed E-state index contributed by atoms with van der Waals surface area (Å²) < 4.78 is 13.4. The molecule has 21 heavy (non-hydrogen) atoms. The van der Waals surface area contributed by atoms with Crippen LogP contribution in [-0.4, -0.2) is 26.2 Å². The highest BCUT2D eigenvalue weighted by atomic mass is 19.1. The van der Waals surface area contributed by atoms with Gasteiger partial charge in [0.05, 0.1) is 0 Å². The first-order chi connectivity index (χ1) is 10.1. The predicted molar refractivity (Wildman–Crippen MR) is 88.3 cm³/mol. The normalized spacial score (nSPS) is 25.8. The second kappa shape index (κ2) is 7.79. The fourth-order valence-electron chi connectivity index (χ4n) is 3.64. The Bertz CT molecular complexity index is 435. The number of anilines is 1. The lowest BCUT2D eigenvalue weighted by Crippen LogP contribution is -2.45. The zero-order valence-electron chi connectivity index (χ0n) is 13.6. The van der Waals surface area contributed by atoms with E-state index >= 15 is 0 Å². The van der Waals surface area contributed by atoms with Crippen LogP contribution in [0.25, 0.3) is 0 Å². The molecule has 2 nitrogen and oxygen atoms in total. The van der Waals surface area contributed by atoms with Crippen molar-refractivity contribution in [3.05, 3.63) is 30.1 Å². The van der Waals surface area contributed by atoms with Gasteiger partial charge in [0.1, 0.15) is 5.82 Å². The molecule has 3 heteroatoms. The molecule has 0 radical (unpaired) electrons. The molecule has 0 heterocycles. The standard InChI is InChI=1S/C18H29FN2/c1-4-14-9-10-18(20-5-2)15(11-14)13-21(3)17-8-6-7-16(19)12-17/h6-8,12,14-15,18,20H,4-5,9-11,13H2,1-3H3. The molecule has 0 spiro atoms. The monoisotopic (exact) mass is 292 g/mol. The molecule has 2 rings (SSSR count). The highest BCUT2D eigenvalue weighted by molar-refractivity contribution is 5.45. The van der Waals surface area contributed by atoms with Crippen LogP contribution in [0.1, 0.15) is 39.5 Å². The molecule has 118 valence electrons. The lowest BCUT2D eigenvalue weighted by molar-refractivity contribution is 0.204. The van der Waals surface area contributed by atoms with Crippen LogP contribution in [0.4, 0.5) is 10.1 Å². The van der Waals surface area contributed by atoms with E-state index in [1.807, 2.05) is 6.07 Å². The molecule has 0 bridgehead atoms. The minimum absolute atomic E-state index is 0.155. The second-order valence-electron chi connectivity index (χ2n) is 6.37. The van der Waals surface area contributed by atoms with E-state index in [2.05, 4.69) is 31.1 Å². The van der Waals surface area contributed by atoms with Gasteiger partial charge in [-0.05, 0) is 55.8 Å². The van der Waals surface area contributed by atoms with Crippen LogP contribution in [0.2, 0.25) is 0 Å². The van der Waals surface area contributed by atoms with Crippen LogP contribution >= 0.6 is 0 Å². The maximum absolute atomic E-state index is 13.4. The zero-order chi connectivity index (χ0) is 15.2. The summed E-state index contributed by atoms with van der Waals surface area (Å²) in [4.78, 5) is 2.20. The second-order valence-corrected chi connectivity index (χ2v) is 6.37. The summed E-state index contributed by atoms with van der Waals surface area (Å²) in [6.45, 7) is 6.50. The summed E-state index contributed by atoms with van der Waals surface area (Å²) in [5, 5.41) is 3.65. The van der Waals surface area contributed by atoms with Crippen molar-refractivity contribution < 1.29 is 4.39 Å². The summed E-state index contributed by atoms with van der Waals surface area (Å²) in [7, 11) is 2.08. The topological polar surface area (TPSA) is 15.3 Å². The van der Waals surface area contributed by atoms with Crippen molar-refractivity contribution in [2.75, 3.05) is 25.0 Å². The molecule has 3 unspecified atom stereocenters. The highest BCUT2D eigenvalue weighted by Crippen LogP contribution is 2.32. The Hall–Kier alpha value is -1.09. The number of rotatable bonds is 6. The van der Waals surface area contributed by atoms with E-state index in [0.29, 0.717) is 12.0 Å². The number of halogens is 1. The number of benzene rings is 1. The molecular formula is C18H29FN2. The molecule has 1 aromatic carbocycles. The molecule has 1 aliphatic carbocycles. The van der Waals surface area contributed by atoms with E-state index < -0.39 is 0 Å². The first-order valence-corrected chi connectivity index (χ1v) is 8.34. The first-order valence-electron chi connectivity index (χ1n) is 8.34. The van der Waals surface area contributed by atoms with Gasteiger partial charge in [-0.2, -0.15) is 0 Å². The van der Waals surface area contributed by atoms with Gasteiger partial charge < -0.3 is 10.2 Å². The van der Waals surface area contributed by atoms with E-state index in [4.69, 9.17) is 0 Å². The lowest BCUT2D eigenvalue weighted by Gasteiger charge is -2.39. The number of nitrogens with zero attached hydrogens (tertiary/aromatic N) is 1. The summed E-state index contributed by atoms with van der Waals surface area (Å²) >= 11 is 0. The fraction of sp³-hybridized carbons (Fsp3) is 0.667. The Balaban J connectivity index is 2.02. The number of nitrogens with one attached hydrogen (secondary N) is 1. The van der Waals surface area contributed by atoms with Crippen molar-refractivity contribution in [3.63, 3.8) is 0 Å². The Morgan fingerprint density at radius 1 is 1.29 bits per heavy atom. The Morgan fingerprint density at radius 2 is 2.10 bits per heavy atom. The van der Waals surface area contributed by atoms with Crippen molar-refractivity contribution in [1.29, 1.82) is 0 Å². The minimum atomic E-state index is -0.155. The van der Waals surface area contributed by atoms with Gasteiger partial charge in [0.25, 0.3) is 0 Å². The van der Waals surface area contributed by atoms with Gasteiger partial charge in [0, 0.05) is 25.3 Å². The van der Waals surface area contributed by atoms with Crippen LogP contribution in [0, 0.1) is 17.7 Å². The van der Waals surface area contributed by atoms with Crippen molar-refractivity contribution in [1.82, 2.24) is 5.32 Å². The lowest BCUT2D eigenvalue weighted by atomic mass is 9.76. The third-order valence-electron chi connectivity index (χ3n) is 4.89. The molecule has 1 N–H and O–H groups in total. The predicted octanol–water partition coefficient (Wildman–Crippen LogP) is 4.07. The SMILES string of the molecule is CCNC1CCC(CC)CC1CN(C)c1cccc(F)c1. The van der Waals surface area contributed by atoms with Gasteiger partial charge in [0.2, 0.25) is 0 Å². The Morgan fingerprint density at radius 3 is 2.76 bits per heavy atom. The average Bonchev–Trinajstić information content (AvgIpc) is 2.49. The van der Waals surface area contributed by atoms with Crippen LogP contribution in [0.5, 0.6) is 0 Å². The third-order valence-corrected chi connectivity index (χ3v) is 4.89. The molecule has 1 fully saturated rings. The maximum Gasteiger partial charge on any atom is 0.125 e. The fourth-order valence-corrected chi connectivity index (χ4v) is 3.64. The van der Waals surface area contributed by atoms with Gasteiger partial charge in [-0.15, -0.1) is 0 Å². The van der Waals surface area contributed by atoms with Crippen LogP contribution in [-0.2, 0) is 0 Å². The van der Waals surface area contributed by atoms with E-state index in [1.54, 1.807) is 12.1 Å². The first kappa shape index (κ1) is 16.3. The minimum Gasteiger partial charge on any atom is -0.374 e. The zero-order valence-corrected chi connectivity index (χ0v) is 13.6. The molecule has 0 aliphatic heterocycles. The molecular weight excluding hydrogens is 263 g/mol. The number of hydrogen-bond acceptors (Lipinski definition) is 2. The largest absolute Gasteiger partial charge is 0.374 e. The highest BCUT2D eigenvalue weighted by Gasteiger charge is 2.30. The van der Waals surface area contributed by atoms with Gasteiger partial charge >= 0.3 is 0 Å². The summed E-state index contributed by atoms with van der Waals surface area (Å²) in [6, 6.07) is 7.52. The van der Waals surface area contributed by atoms with Gasteiger partial charge in [-0.3, -0.25) is 0 Å². The summed E-state index contributed by atoms with van der Waals surface area (Å²) in [6.07, 6.45) is 5.18. The van der Waals surface area contributed by atoms with Crippen molar-refractivity contribution in [3.8, 4) is 0 Å². The van der Waals surface area contributed by atoms with E-state index in [0.717, 1.165) is 24.7 Å².